The fourth-order valence-electron chi connectivity index (χ4n) is 2.74. The normalized spacial score (nSPS) is 16.0. The number of rotatable bonds is 5. The first-order chi connectivity index (χ1) is 10.1. The number of amides is 2. The molecule has 1 aliphatic rings. The fraction of sp³-hybridized carbons (Fsp3) is 0.529. The standard InChI is InChI=1S/C17H24N2O2/c1-2-3-4-13-5-7-15(8-6-13)17(21)19-11-9-14(10-12-19)16(18)20/h5-8,14H,2-4,9-12H2,1H3,(H2,18,20). The Labute approximate surface area is 126 Å². The number of unbranched alkanes of at least 4 members (excludes halogenated alkanes) is 1. The summed E-state index contributed by atoms with van der Waals surface area (Å²) in [6, 6.07) is 7.90. The van der Waals surface area contributed by atoms with Gasteiger partial charge in [-0.2, -0.15) is 0 Å². The van der Waals surface area contributed by atoms with Crippen molar-refractivity contribution in [3.8, 4) is 0 Å². The summed E-state index contributed by atoms with van der Waals surface area (Å²) in [4.78, 5) is 25.4. The second-order valence-corrected chi connectivity index (χ2v) is 5.77. The molecule has 21 heavy (non-hydrogen) atoms. The molecule has 1 aromatic carbocycles. The maximum atomic E-state index is 12.4. The molecule has 0 spiro atoms. The monoisotopic (exact) mass is 288 g/mol. The molecule has 4 heteroatoms. The van der Waals surface area contributed by atoms with E-state index in [9.17, 15) is 9.59 Å². The van der Waals surface area contributed by atoms with Crippen LogP contribution in [0.15, 0.2) is 24.3 Å². The molecule has 0 bridgehead atoms. The second-order valence-electron chi connectivity index (χ2n) is 5.77. The van der Waals surface area contributed by atoms with Crippen LogP contribution in [0.4, 0.5) is 0 Å². The van der Waals surface area contributed by atoms with Gasteiger partial charge in [0.1, 0.15) is 0 Å². The minimum atomic E-state index is -0.248. The van der Waals surface area contributed by atoms with Crippen LogP contribution in [0.5, 0.6) is 0 Å². The Morgan fingerprint density at radius 3 is 2.33 bits per heavy atom. The maximum absolute atomic E-state index is 12.4. The SMILES string of the molecule is CCCCc1ccc(C(=O)N2CCC(C(N)=O)CC2)cc1. The fourth-order valence-corrected chi connectivity index (χ4v) is 2.74. The number of piperidine rings is 1. The van der Waals surface area contributed by atoms with Crippen LogP contribution in [-0.2, 0) is 11.2 Å². The van der Waals surface area contributed by atoms with Gasteiger partial charge < -0.3 is 10.6 Å². The third kappa shape index (κ3) is 4.06. The molecule has 0 aliphatic carbocycles. The van der Waals surface area contributed by atoms with Crippen molar-refractivity contribution in [2.45, 2.75) is 39.0 Å². The largest absolute Gasteiger partial charge is 0.369 e. The van der Waals surface area contributed by atoms with Crippen molar-refractivity contribution in [1.29, 1.82) is 0 Å². The van der Waals surface area contributed by atoms with Crippen molar-refractivity contribution in [2.24, 2.45) is 11.7 Å². The molecule has 0 saturated carbocycles. The molecule has 0 unspecified atom stereocenters. The van der Waals surface area contributed by atoms with Gasteiger partial charge in [-0.3, -0.25) is 9.59 Å². The first-order valence-corrected chi connectivity index (χ1v) is 7.79. The number of carbonyl (C=O) groups is 2. The predicted molar refractivity (Wildman–Crippen MR) is 82.9 cm³/mol. The van der Waals surface area contributed by atoms with E-state index in [0.29, 0.717) is 25.9 Å². The first kappa shape index (κ1) is 15.5. The topological polar surface area (TPSA) is 63.4 Å². The summed E-state index contributed by atoms with van der Waals surface area (Å²) < 4.78 is 0. The summed E-state index contributed by atoms with van der Waals surface area (Å²) in [5.74, 6) is -0.271. The number of hydrogen-bond acceptors (Lipinski definition) is 2. The Kier molecular flexibility index (Phi) is 5.37. The Morgan fingerprint density at radius 1 is 1.19 bits per heavy atom. The van der Waals surface area contributed by atoms with Gasteiger partial charge in [0, 0.05) is 24.6 Å². The van der Waals surface area contributed by atoms with Crippen LogP contribution in [0.2, 0.25) is 0 Å². The zero-order valence-corrected chi connectivity index (χ0v) is 12.7. The molecular weight excluding hydrogens is 264 g/mol. The van der Waals surface area contributed by atoms with Gasteiger partial charge in [0.25, 0.3) is 5.91 Å². The number of hydrogen-bond donors (Lipinski definition) is 1. The molecule has 2 amide bonds. The molecule has 1 saturated heterocycles. The van der Waals surface area contributed by atoms with Crippen LogP contribution in [0.1, 0.15) is 48.5 Å². The van der Waals surface area contributed by atoms with Crippen LogP contribution in [-0.4, -0.2) is 29.8 Å². The highest BCUT2D eigenvalue weighted by molar-refractivity contribution is 5.94. The molecule has 1 aliphatic heterocycles. The number of nitrogens with zero attached hydrogens (tertiary/aromatic N) is 1. The van der Waals surface area contributed by atoms with E-state index in [1.54, 1.807) is 0 Å². The third-order valence-corrected chi connectivity index (χ3v) is 4.20. The highest BCUT2D eigenvalue weighted by Crippen LogP contribution is 2.19. The number of primary amides is 1. The summed E-state index contributed by atoms with van der Waals surface area (Å²) in [5.41, 5.74) is 7.32. The van der Waals surface area contributed by atoms with E-state index >= 15 is 0 Å². The highest BCUT2D eigenvalue weighted by atomic mass is 16.2. The van der Waals surface area contributed by atoms with Crippen LogP contribution in [0, 0.1) is 5.92 Å². The summed E-state index contributed by atoms with van der Waals surface area (Å²) in [6.07, 6.45) is 4.77. The van der Waals surface area contributed by atoms with Crippen molar-refractivity contribution < 1.29 is 9.59 Å². The molecule has 4 nitrogen and oxygen atoms in total. The molecule has 0 aromatic heterocycles. The molecule has 1 fully saturated rings. The lowest BCUT2D eigenvalue weighted by Gasteiger charge is -2.30. The summed E-state index contributed by atoms with van der Waals surface area (Å²) in [5, 5.41) is 0. The van der Waals surface area contributed by atoms with Gasteiger partial charge in [-0.1, -0.05) is 25.5 Å². The Morgan fingerprint density at radius 2 is 1.81 bits per heavy atom. The molecule has 0 atom stereocenters. The van der Waals surface area contributed by atoms with Gasteiger partial charge in [0.05, 0.1) is 0 Å². The van der Waals surface area contributed by atoms with Crippen LogP contribution < -0.4 is 5.73 Å². The summed E-state index contributed by atoms with van der Waals surface area (Å²) >= 11 is 0. The van der Waals surface area contributed by atoms with Gasteiger partial charge >= 0.3 is 0 Å². The predicted octanol–water partition coefficient (Wildman–Crippen LogP) is 2.37. The van der Waals surface area contributed by atoms with Gasteiger partial charge in [-0.25, -0.2) is 0 Å². The van der Waals surface area contributed by atoms with E-state index < -0.39 is 0 Å². The minimum Gasteiger partial charge on any atom is -0.369 e. The quantitative estimate of drug-likeness (QED) is 0.904. The molecule has 114 valence electrons. The Hall–Kier alpha value is -1.84. The number of likely N-dealkylation sites (tertiary alicyclic amines) is 1. The van der Waals surface area contributed by atoms with Gasteiger partial charge in [-0.05, 0) is 43.4 Å². The minimum absolute atomic E-state index is 0.0555. The second kappa shape index (κ2) is 7.25. The molecule has 2 N–H and O–H groups in total. The van der Waals surface area contributed by atoms with E-state index in [4.69, 9.17) is 5.73 Å². The van der Waals surface area contributed by atoms with Crippen molar-refractivity contribution in [2.75, 3.05) is 13.1 Å². The Balaban J connectivity index is 1.93. The van der Waals surface area contributed by atoms with E-state index in [1.165, 1.54) is 18.4 Å². The number of carbonyl (C=O) groups excluding carboxylic acids is 2. The van der Waals surface area contributed by atoms with Gasteiger partial charge in [0.15, 0.2) is 0 Å². The van der Waals surface area contributed by atoms with Crippen molar-refractivity contribution in [3.63, 3.8) is 0 Å². The zero-order valence-electron chi connectivity index (χ0n) is 12.7. The van der Waals surface area contributed by atoms with Crippen molar-refractivity contribution in [1.82, 2.24) is 4.90 Å². The summed E-state index contributed by atoms with van der Waals surface area (Å²) in [6.45, 7) is 3.40. The van der Waals surface area contributed by atoms with Crippen LogP contribution >= 0.6 is 0 Å². The van der Waals surface area contributed by atoms with Gasteiger partial charge in [-0.15, -0.1) is 0 Å². The molecule has 0 radical (unpaired) electrons. The lowest BCUT2D eigenvalue weighted by molar-refractivity contribution is -0.123. The lowest BCUT2D eigenvalue weighted by Crippen LogP contribution is -2.41. The molecule has 2 rings (SSSR count). The Bertz CT molecular complexity index is 488. The van der Waals surface area contributed by atoms with Gasteiger partial charge in [0.2, 0.25) is 5.91 Å². The highest BCUT2D eigenvalue weighted by Gasteiger charge is 2.26. The maximum Gasteiger partial charge on any atom is 0.253 e. The average Bonchev–Trinajstić information content (AvgIpc) is 2.53. The number of nitrogens with two attached hydrogens (primary N) is 1. The van der Waals surface area contributed by atoms with Crippen LogP contribution in [0.25, 0.3) is 0 Å². The van der Waals surface area contributed by atoms with E-state index in [-0.39, 0.29) is 17.7 Å². The number of benzene rings is 1. The summed E-state index contributed by atoms with van der Waals surface area (Å²) in [7, 11) is 0. The average molecular weight is 288 g/mol. The van der Waals surface area contributed by atoms with Crippen molar-refractivity contribution in [3.05, 3.63) is 35.4 Å². The first-order valence-electron chi connectivity index (χ1n) is 7.79. The zero-order chi connectivity index (χ0) is 15.2. The van der Waals surface area contributed by atoms with Crippen LogP contribution in [0.3, 0.4) is 0 Å². The third-order valence-electron chi connectivity index (χ3n) is 4.20. The lowest BCUT2D eigenvalue weighted by atomic mass is 9.95. The van der Waals surface area contributed by atoms with E-state index in [0.717, 1.165) is 12.0 Å². The molecule has 1 aromatic rings. The van der Waals surface area contributed by atoms with E-state index in [1.807, 2.05) is 29.2 Å². The molecule has 1 heterocycles. The smallest absolute Gasteiger partial charge is 0.253 e. The molecular formula is C17H24N2O2. The van der Waals surface area contributed by atoms with E-state index in [2.05, 4.69) is 6.92 Å². The number of aryl methyl sites for hydroxylation is 1. The van der Waals surface area contributed by atoms with Crippen molar-refractivity contribution >= 4 is 11.8 Å².